The van der Waals surface area contributed by atoms with Crippen molar-refractivity contribution >= 4 is 29.0 Å². The van der Waals surface area contributed by atoms with Gasteiger partial charge in [0.15, 0.2) is 5.84 Å². The van der Waals surface area contributed by atoms with Crippen molar-refractivity contribution in [1.29, 1.82) is 0 Å². The quantitative estimate of drug-likeness (QED) is 0.893. The number of aliphatic imine (C=N–C) groups is 1. The molecule has 2 N–H and O–H groups in total. The number of nitrogens with zero attached hydrogens (tertiary/aromatic N) is 2. The minimum Gasteiger partial charge on any atom is -0.478 e. The van der Waals surface area contributed by atoms with E-state index >= 15 is 0 Å². The second-order valence-corrected chi connectivity index (χ2v) is 6.93. The van der Waals surface area contributed by atoms with Crippen molar-refractivity contribution in [2.75, 3.05) is 0 Å². The van der Waals surface area contributed by atoms with Crippen LogP contribution in [0, 0.1) is 5.92 Å². The van der Waals surface area contributed by atoms with Crippen molar-refractivity contribution in [3.63, 3.8) is 0 Å². The van der Waals surface area contributed by atoms with Gasteiger partial charge in [0.05, 0.1) is 5.56 Å². The predicted octanol–water partition coefficient (Wildman–Crippen LogP) is 2.80. The van der Waals surface area contributed by atoms with Gasteiger partial charge in [0.1, 0.15) is 11.2 Å². The zero-order valence-electron chi connectivity index (χ0n) is 13.5. The number of aromatic carboxylic acids is 1. The summed E-state index contributed by atoms with van der Waals surface area (Å²) in [4.78, 5) is 32.6. The monoisotopic (exact) mass is 343 g/mol. The summed E-state index contributed by atoms with van der Waals surface area (Å²) in [6, 6.07) is 3.46. The van der Waals surface area contributed by atoms with Gasteiger partial charge < -0.3 is 10.4 Å². The molecule has 1 aliphatic rings. The molecule has 0 fully saturated rings. The van der Waals surface area contributed by atoms with Gasteiger partial charge in [0, 0.05) is 11.8 Å². The zero-order valence-corrected chi connectivity index (χ0v) is 14.3. The number of hydrogen-bond acceptors (Lipinski definition) is 5. The van der Waals surface area contributed by atoms with Gasteiger partial charge in [0.25, 0.3) is 5.91 Å². The van der Waals surface area contributed by atoms with Crippen LogP contribution in [0.1, 0.15) is 36.8 Å². The lowest BCUT2D eigenvalue weighted by molar-refractivity contribution is -0.124. The smallest absolute Gasteiger partial charge is 0.338 e. The van der Waals surface area contributed by atoms with Crippen LogP contribution < -0.4 is 5.32 Å². The van der Waals surface area contributed by atoms with Crippen LogP contribution in [-0.2, 0) is 4.79 Å². The largest absolute Gasteiger partial charge is 0.478 e. The maximum atomic E-state index is 12.3. The van der Waals surface area contributed by atoms with Crippen LogP contribution in [0.2, 0.25) is 0 Å². The van der Waals surface area contributed by atoms with E-state index in [1.807, 2.05) is 30.7 Å². The Balaban J connectivity index is 2.09. The minimum atomic E-state index is -1.11. The summed E-state index contributed by atoms with van der Waals surface area (Å²) in [5, 5.41) is 16.1. The van der Waals surface area contributed by atoms with E-state index in [1.165, 1.54) is 11.3 Å². The highest BCUT2D eigenvalue weighted by Gasteiger charge is 2.43. The maximum Gasteiger partial charge on any atom is 0.338 e. The molecule has 1 amide bonds. The van der Waals surface area contributed by atoms with Crippen LogP contribution in [0.25, 0.3) is 11.1 Å². The van der Waals surface area contributed by atoms with Crippen LogP contribution in [0.15, 0.2) is 34.1 Å². The summed E-state index contributed by atoms with van der Waals surface area (Å²) in [5.41, 5.74) is 0.906. The fourth-order valence-electron chi connectivity index (χ4n) is 2.45. The third-order valence-electron chi connectivity index (χ3n) is 4.36. The van der Waals surface area contributed by atoms with Crippen molar-refractivity contribution in [3.05, 3.63) is 40.3 Å². The van der Waals surface area contributed by atoms with E-state index < -0.39 is 11.5 Å². The van der Waals surface area contributed by atoms with Crippen LogP contribution in [-0.4, -0.2) is 33.3 Å². The summed E-state index contributed by atoms with van der Waals surface area (Å²) >= 11 is 1.53. The number of thiophene rings is 1. The summed E-state index contributed by atoms with van der Waals surface area (Å²) < 4.78 is 0. The van der Waals surface area contributed by atoms with Gasteiger partial charge in [-0.25, -0.2) is 9.79 Å². The highest BCUT2D eigenvalue weighted by Crippen LogP contribution is 2.28. The van der Waals surface area contributed by atoms with Crippen molar-refractivity contribution in [3.8, 4) is 11.1 Å². The van der Waals surface area contributed by atoms with Gasteiger partial charge in [0.2, 0.25) is 0 Å². The summed E-state index contributed by atoms with van der Waals surface area (Å²) in [6.45, 7) is 5.54. The fraction of sp³-hybridized carbons (Fsp3) is 0.294. The Hall–Kier alpha value is -2.54. The average Bonchev–Trinajstić information content (AvgIpc) is 3.16. The van der Waals surface area contributed by atoms with Crippen molar-refractivity contribution in [1.82, 2.24) is 10.3 Å². The fourth-order valence-corrected chi connectivity index (χ4v) is 3.12. The van der Waals surface area contributed by atoms with Crippen molar-refractivity contribution < 1.29 is 14.7 Å². The molecule has 0 bridgehead atoms. The first-order chi connectivity index (χ1) is 11.3. The number of hydrogen-bond donors (Lipinski definition) is 2. The van der Waals surface area contributed by atoms with Crippen LogP contribution in [0.3, 0.4) is 0 Å². The lowest BCUT2D eigenvalue weighted by Crippen LogP contribution is -2.41. The number of amidine groups is 1. The summed E-state index contributed by atoms with van der Waals surface area (Å²) in [5.74, 6) is -1.16. The lowest BCUT2D eigenvalue weighted by atomic mass is 9.89. The molecule has 7 heteroatoms. The minimum absolute atomic E-state index is 0.0192. The number of nitrogens with one attached hydrogen (secondary N) is 1. The number of pyridine rings is 1. The highest BCUT2D eigenvalue weighted by molar-refractivity contribution is 7.08. The first-order valence-electron chi connectivity index (χ1n) is 7.50. The number of carbonyl (C=O) groups is 2. The molecular formula is C17H17N3O3S. The van der Waals surface area contributed by atoms with Gasteiger partial charge in [-0.2, -0.15) is 11.3 Å². The van der Waals surface area contributed by atoms with E-state index in [1.54, 1.807) is 19.2 Å². The SMILES string of the molecule is CC(C)C1(C)N=C(c2ncc(-c3ccsc3)cc2C(=O)O)NC1=O. The topological polar surface area (TPSA) is 91.7 Å². The first-order valence-corrected chi connectivity index (χ1v) is 8.45. The van der Waals surface area contributed by atoms with E-state index in [4.69, 9.17) is 0 Å². The highest BCUT2D eigenvalue weighted by atomic mass is 32.1. The van der Waals surface area contributed by atoms with E-state index in [0.717, 1.165) is 5.56 Å². The molecular weight excluding hydrogens is 326 g/mol. The van der Waals surface area contributed by atoms with Crippen molar-refractivity contribution in [2.24, 2.45) is 10.9 Å². The second kappa shape index (κ2) is 5.83. The molecule has 2 aromatic rings. The third kappa shape index (κ3) is 2.60. The van der Waals surface area contributed by atoms with Gasteiger partial charge in [-0.3, -0.25) is 9.78 Å². The molecule has 3 rings (SSSR count). The van der Waals surface area contributed by atoms with E-state index in [-0.39, 0.29) is 28.9 Å². The third-order valence-corrected chi connectivity index (χ3v) is 5.04. The van der Waals surface area contributed by atoms with Crippen LogP contribution in [0.5, 0.6) is 0 Å². The maximum absolute atomic E-state index is 12.3. The number of carboxylic acids is 1. The van der Waals surface area contributed by atoms with Gasteiger partial charge in [-0.1, -0.05) is 13.8 Å². The Morgan fingerprint density at radius 1 is 1.38 bits per heavy atom. The Labute approximate surface area is 143 Å². The molecule has 0 radical (unpaired) electrons. The molecule has 1 unspecified atom stereocenters. The normalized spacial score (nSPS) is 20.2. The number of amides is 1. The Kier molecular flexibility index (Phi) is 3.96. The lowest BCUT2D eigenvalue weighted by Gasteiger charge is -2.21. The van der Waals surface area contributed by atoms with E-state index in [2.05, 4.69) is 15.3 Å². The summed E-state index contributed by atoms with van der Waals surface area (Å²) in [6.07, 6.45) is 1.60. The number of carbonyl (C=O) groups excluding carboxylic acids is 1. The van der Waals surface area contributed by atoms with Crippen molar-refractivity contribution in [2.45, 2.75) is 26.3 Å². The first kappa shape index (κ1) is 16.3. The van der Waals surface area contributed by atoms with Gasteiger partial charge >= 0.3 is 5.97 Å². The molecule has 124 valence electrons. The van der Waals surface area contributed by atoms with E-state index in [0.29, 0.717) is 5.56 Å². The zero-order chi connectivity index (χ0) is 17.5. The Morgan fingerprint density at radius 2 is 2.12 bits per heavy atom. The Bertz CT molecular complexity index is 843. The molecule has 3 heterocycles. The van der Waals surface area contributed by atoms with Crippen LogP contribution >= 0.6 is 11.3 Å². The number of rotatable bonds is 4. The molecule has 24 heavy (non-hydrogen) atoms. The predicted molar refractivity (Wildman–Crippen MR) is 92.4 cm³/mol. The molecule has 1 atom stereocenters. The summed E-state index contributed by atoms with van der Waals surface area (Å²) in [7, 11) is 0. The molecule has 0 spiro atoms. The van der Waals surface area contributed by atoms with Gasteiger partial charge in [-0.15, -0.1) is 0 Å². The van der Waals surface area contributed by atoms with Gasteiger partial charge in [-0.05, 0) is 41.3 Å². The molecule has 0 aliphatic carbocycles. The average molecular weight is 343 g/mol. The number of aromatic nitrogens is 1. The standard InChI is InChI=1S/C17H17N3O3S/c1-9(2)17(3)16(23)19-14(20-17)13-12(15(21)22)6-11(7-18-13)10-4-5-24-8-10/h4-9H,1-3H3,(H,21,22)(H,19,20,23). The molecule has 6 nitrogen and oxygen atoms in total. The number of carboxylic acid groups (broad SMARTS) is 1. The molecule has 1 aliphatic heterocycles. The molecule has 2 aromatic heterocycles. The van der Waals surface area contributed by atoms with Crippen LogP contribution in [0.4, 0.5) is 0 Å². The van der Waals surface area contributed by atoms with E-state index in [9.17, 15) is 14.7 Å². The molecule has 0 aromatic carbocycles. The molecule has 0 saturated heterocycles. The second-order valence-electron chi connectivity index (χ2n) is 6.15. The Morgan fingerprint density at radius 3 is 2.67 bits per heavy atom. The molecule has 0 saturated carbocycles.